The van der Waals surface area contributed by atoms with Crippen LogP contribution in [0.4, 0.5) is 0 Å². The Balaban J connectivity index is 1.98. The fraction of sp³-hybridized carbons (Fsp3) is 1.00. The number of aliphatic hydroxyl groups is 1. The van der Waals surface area contributed by atoms with Crippen molar-refractivity contribution in [3.63, 3.8) is 0 Å². The second kappa shape index (κ2) is 8.34. The van der Waals surface area contributed by atoms with Crippen molar-refractivity contribution >= 4 is 11.8 Å². The van der Waals surface area contributed by atoms with Crippen LogP contribution in [0.2, 0.25) is 0 Å². The Kier molecular flexibility index (Phi) is 7.45. The van der Waals surface area contributed by atoms with Crippen LogP contribution in [0.3, 0.4) is 0 Å². The molecule has 0 spiro atoms. The van der Waals surface area contributed by atoms with Gasteiger partial charge in [0.25, 0.3) is 0 Å². The van der Waals surface area contributed by atoms with E-state index in [0.29, 0.717) is 17.7 Å². The molecule has 1 unspecified atom stereocenters. The van der Waals surface area contributed by atoms with Crippen molar-refractivity contribution in [2.75, 3.05) is 32.1 Å². The van der Waals surface area contributed by atoms with E-state index in [-0.39, 0.29) is 6.10 Å². The minimum Gasteiger partial charge on any atom is -0.391 e. The molecule has 1 aliphatic rings. The molecule has 0 aromatic heterocycles. The van der Waals surface area contributed by atoms with Crippen molar-refractivity contribution in [3.8, 4) is 0 Å². The van der Waals surface area contributed by atoms with Gasteiger partial charge in [0, 0.05) is 30.8 Å². The molecule has 0 bridgehead atoms. The van der Waals surface area contributed by atoms with Crippen LogP contribution in [0.25, 0.3) is 0 Å². The summed E-state index contributed by atoms with van der Waals surface area (Å²) in [6.45, 7) is 7.83. The summed E-state index contributed by atoms with van der Waals surface area (Å²) in [7, 11) is 0. The summed E-state index contributed by atoms with van der Waals surface area (Å²) in [6.07, 6.45) is 2.06. The van der Waals surface area contributed by atoms with E-state index in [1.54, 1.807) is 0 Å². The molecule has 1 fully saturated rings. The van der Waals surface area contributed by atoms with Gasteiger partial charge in [-0.05, 0) is 25.3 Å². The minimum absolute atomic E-state index is 0.216. The number of ether oxygens (including phenoxy) is 1. The quantitative estimate of drug-likeness (QED) is 0.715. The lowest BCUT2D eigenvalue weighted by Gasteiger charge is -2.22. The summed E-state index contributed by atoms with van der Waals surface area (Å²) in [4.78, 5) is 0. The molecule has 0 aromatic rings. The molecule has 0 amide bonds. The van der Waals surface area contributed by atoms with Crippen LogP contribution in [0.15, 0.2) is 0 Å². The van der Waals surface area contributed by atoms with Crippen LogP contribution in [0, 0.1) is 5.92 Å². The van der Waals surface area contributed by atoms with Gasteiger partial charge in [0.05, 0.1) is 6.10 Å². The van der Waals surface area contributed by atoms with Crippen LogP contribution >= 0.6 is 11.8 Å². The Bertz CT molecular complexity index is 172. The lowest BCUT2D eigenvalue weighted by molar-refractivity contribution is 0.0998. The number of hydrogen-bond acceptors (Lipinski definition) is 4. The van der Waals surface area contributed by atoms with Crippen molar-refractivity contribution in [3.05, 3.63) is 0 Å². The van der Waals surface area contributed by atoms with Crippen molar-refractivity contribution in [2.24, 2.45) is 5.92 Å². The van der Waals surface area contributed by atoms with Crippen LogP contribution < -0.4 is 5.32 Å². The maximum Gasteiger partial charge on any atom is 0.0754 e. The summed E-state index contributed by atoms with van der Waals surface area (Å²) >= 11 is 1.89. The normalized spacial score (nSPS) is 20.2. The highest BCUT2D eigenvalue weighted by atomic mass is 32.2. The predicted octanol–water partition coefficient (Wildman–Crippen LogP) is 1.51. The van der Waals surface area contributed by atoms with E-state index in [0.717, 1.165) is 38.4 Å². The lowest BCUT2D eigenvalue weighted by Crippen LogP contribution is -2.31. The molecular weight excluding hydrogens is 222 g/mol. The Morgan fingerprint density at radius 2 is 2.00 bits per heavy atom. The zero-order chi connectivity index (χ0) is 11.8. The van der Waals surface area contributed by atoms with Gasteiger partial charge >= 0.3 is 0 Å². The van der Waals surface area contributed by atoms with E-state index in [9.17, 15) is 5.11 Å². The monoisotopic (exact) mass is 247 g/mol. The molecule has 3 nitrogen and oxygen atoms in total. The SMILES string of the molecule is CC(C)CNCC(O)CSC1CCOCC1. The van der Waals surface area contributed by atoms with Gasteiger partial charge in [-0.25, -0.2) is 0 Å². The molecule has 96 valence electrons. The Labute approximate surface area is 103 Å². The Hall–Kier alpha value is 0.230. The summed E-state index contributed by atoms with van der Waals surface area (Å²) in [5.74, 6) is 1.49. The summed E-state index contributed by atoms with van der Waals surface area (Å²) in [6, 6.07) is 0. The first-order valence-corrected chi connectivity index (χ1v) is 7.31. The molecule has 1 heterocycles. The first kappa shape index (κ1) is 14.3. The molecule has 4 heteroatoms. The Morgan fingerprint density at radius 1 is 1.31 bits per heavy atom. The number of rotatable bonds is 7. The van der Waals surface area contributed by atoms with E-state index in [2.05, 4.69) is 19.2 Å². The third-order valence-electron chi connectivity index (χ3n) is 2.63. The van der Waals surface area contributed by atoms with Crippen molar-refractivity contribution in [2.45, 2.75) is 38.0 Å². The zero-order valence-corrected chi connectivity index (χ0v) is 11.3. The first-order chi connectivity index (χ1) is 7.68. The highest BCUT2D eigenvalue weighted by Crippen LogP contribution is 2.22. The van der Waals surface area contributed by atoms with Crippen molar-refractivity contribution < 1.29 is 9.84 Å². The third-order valence-corrected chi connectivity index (χ3v) is 4.15. The van der Waals surface area contributed by atoms with Gasteiger partial charge in [0.2, 0.25) is 0 Å². The highest BCUT2D eigenvalue weighted by molar-refractivity contribution is 7.99. The number of hydrogen-bond donors (Lipinski definition) is 2. The van der Waals surface area contributed by atoms with Gasteiger partial charge in [-0.15, -0.1) is 0 Å². The molecule has 16 heavy (non-hydrogen) atoms. The van der Waals surface area contributed by atoms with Crippen LogP contribution in [-0.2, 0) is 4.74 Å². The topological polar surface area (TPSA) is 41.5 Å². The molecule has 0 saturated carbocycles. The van der Waals surface area contributed by atoms with E-state index < -0.39 is 0 Å². The second-order valence-electron chi connectivity index (χ2n) is 4.85. The number of aliphatic hydroxyl groups excluding tert-OH is 1. The fourth-order valence-corrected chi connectivity index (χ4v) is 2.83. The molecule has 1 rings (SSSR count). The second-order valence-corrected chi connectivity index (χ2v) is 6.18. The molecule has 2 N–H and O–H groups in total. The molecule has 1 aliphatic heterocycles. The van der Waals surface area contributed by atoms with Crippen molar-refractivity contribution in [1.29, 1.82) is 0 Å². The fourth-order valence-electron chi connectivity index (χ4n) is 1.69. The van der Waals surface area contributed by atoms with Gasteiger partial charge in [-0.2, -0.15) is 11.8 Å². The average Bonchev–Trinajstić information content (AvgIpc) is 2.27. The molecule has 1 atom stereocenters. The van der Waals surface area contributed by atoms with Crippen LogP contribution in [0.1, 0.15) is 26.7 Å². The van der Waals surface area contributed by atoms with E-state index in [1.807, 2.05) is 11.8 Å². The summed E-state index contributed by atoms with van der Waals surface area (Å²) < 4.78 is 5.31. The molecule has 1 saturated heterocycles. The standard InChI is InChI=1S/C12H25NO2S/c1-10(2)7-13-8-11(14)9-16-12-3-5-15-6-4-12/h10-14H,3-9H2,1-2H3. The molecule has 0 aliphatic carbocycles. The zero-order valence-electron chi connectivity index (χ0n) is 10.4. The predicted molar refractivity (Wildman–Crippen MR) is 70.0 cm³/mol. The minimum atomic E-state index is -0.216. The highest BCUT2D eigenvalue weighted by Gasteiger charge is 2.15. The van der Waals surface area contributed by atoms with Crippen LogP contribution in [0.5, 0.6) is 0 Å². The molecule has 0 radical (unpaired) electrons. The van der Waals surface area contributed by atoms with Gasteiger partial charge < -0.3 is 15.2 Å². The lowest BCUT2D eigenvalue weighted by atomic mass is 10.2. The Morgan fingerprint density at radius 3 is 2.62 bits per heavy atom. The van der Waals surface area contributed by atoms with E-state index in [1.165, 1.54) is 0 Å². The summed E-state index contributed by atoms with van der Waals surface area (Å²) in [5, 5.41) is 13.8. The van der Waals surface area contributed by atoms with E-state index >= 15 is 0 Å². The largest absolute Gasteiger partial charge is 0.391 e. The number of nitrogens with one attached hydrogen (secondary N) is 1. The molecular formula is C12H25NO2S. The first-order valence-electron chi connectivity index (χ1n) is 6.26. The molecule has 0 aromatic carbocycles. The maximum atomic E-state index is 9.78. The van der Waals surface area contributed by atoms with Gasteiger partial charge in [-0.1, -0.05) is 13.8 Å². The van der Waals surface area contributed by atoms with Gasteiger partial charge in [0.15, 0.2) is 0 Å². The van der Waals surface area contributed by atoms with Gasteiger partial charge in [-0.3, -0.25) is 0 Å². The van der Waals surface area contributed by atoms with Crippen LogP contribution in [-0.4, -0.2) is 48.5 Å². The number of thioether (sulfide) groups is 1. The van der Waals surface area contributed by atoms with Gasteiger partial charge in [0.1, 0.15) is 0 Å². The maximum absolute atomic E-state index is 9.78. The van der Waals surface area contributed by atoms with Crippen molar-refractivity contribution in [1.82, 2.24) is 5.32 Å². The third kappa shape index (κ3) is 6.74. The average molecular weight is 247 g/mol. The van der Waals surface area contributed by atoms with E-state index in [4.69, 9.17) is 4.74 Å². The smallest absolute Gasteiger partial charge is 0.0754 e. The summed E-state index contributed by atoms with van der Waals surface area (Å²) in [5.41, 5.74) is 0.